The van der Waals surface area contributed by atoms with Crippen molar-refractivity contribution in [1.82, 2.24) is 25.6 Å². The van der Waals surface area contributed by atoms with E-state index in [9.17, 15) is 35.6 Å². The highest BCUT2D eigenvalue weighted by atomic mass is 32.2. The first kappa shape index (κ1) is 31.5. The number of aromatic nitrogens is 3. The minimum absolute atomic E-state index is 0.0538. The fourth-order valence-electron chi connectivity index (χ4n) is 3.59. The van der Waals surface area contributed by atoms with Gasteiger partial charge in [-0.25, -0.2) is 13.1 Å². The molecule has 0 aliphatic heterocycles. The van der Waals surface area contributed by atoms with Crippen LogP contribution >= 0.6 is 0 Å². The molecule has 1 aromatic heterocycles. The summed E-state index contributed by atoms with van der Waals surface area (Å²) in [5, 5.41) is 12.3. The molecular weight excluding hydrogens is 570 g/mol. The number of hydrogen-bond donors (Lipinski definition) is 2. The second-order valence-corrected chi connectivity index (χ2v) is 11.1. The Morgan fingerprint density at radius 2 is 1.68 bits per heavy atom. The first-order valence-corrected chi connectivity index (χ1v) is 14.4. The lowest BCUT2D eigenvalue weighted by Gasteiger charge is -2.14. The average molecular weight is 600 g/mol. The quantitative estimate of drug-likeness (QED) is 0.213. The van der Waals surface area contributed by atoms with Crippen molar-refractivity contribution in [2.75, 3.05) is 26.1 Å². The number of carbonyl (C=O) groups is 2. The van der Waals surface area contributed by atoms with E-state index in [1.165, 1.54) is 41.2 Å². The Labute approximate surface area is 234 Å². The topological polar surface area (TPSA) is 132 Å². The van der Waals surface area contributed by atoms with E-state index in [1.807, 2.05) is 0 Å². The van der Waals surface area contributed by atoms with Crippen LogP contribution in [0.5, 0.6) is 5.75 Å². The Hall–Kier alpha value is -4.01. The molecule has 41 heavy (non-hydrogen) atoms. The number of nitrogens with zero attached hydrogens (tertiary/aromatic N) is 3. The molecule has 2 N–H and O–H groups in total. The summed E-state index contributed by atoms with van der Waals surface area (Å²) in [5.74, 6) is -1.40. The maximum atomic E-state index is 12.6. The van der Waals surface area contributed by atoms with Crippen LogP contribution in [0.2, 0.25) is 0 Å². The van der Waals surface area contributed by atoms with Gasteiger partial charge in [-0.3, -0.25) is 14.0 Å². The molecule has 0 aliphatic rings. The molecule has 0 spiro atoms. The van der Waals surface area contributed by atoms with Crippen molar-refractivity contribution >= 4 is 21.7 Å². The Kier molecular flexibility index (Phi) is 10.8. The summed E-state index contributed by atoms with van der Waals surface area (Å²) in [5.41, 5.74) is 0.802. The highest BCUT2D eigenvalue weighted by molar-refractivity contribution is 7.90. The van der Waals surface area contributed by atoms with E-state index >= 15 is 0 Å². The van der Waals surface area contributed by atoms with Crippen molar-refractivity contribution in [3.05, 3.63) is 65.5 Å². The molecule has 2 amide bonds. The van der Waals surface area contributed by atoms with Crippen LogP contribution in [0.1, 0.15) is 52.1 Å². The van der Waals surface area contributed by atoms with Gasteiger partial charge in [0, 0.05) is 18.4 Å². The summed E-state index contributed by atoms with van der Waals surface area (Å²) >= 11 is 0. The third-order valence-corrected chi connectivity index (χ3v) is 6.86. The molecule has 10 nitrogen and oxygen atoms in total. The van der Waals surface area contributed by atoms with E-state index in [1.54, 1.807) is 17.4 Å². The minimum atomic E-state index is -4.58. The van der Waals surface area contributed by atoms with Crippen molar-refractivity contribution in [3.63, 3.8) is 0 Å². The van der Waals surface area contributed by atoms with Gasteiger partial charge in [0.1, 0.15) is 18.0 Å². The molecule has 0 aliphatic carbocycles. The number of nitrogens with one attached hydrogen (secondary N) is 2. The van der Waals surface area contributed by atoms with Crippen molar-refractivity contribution in [2.45, 2.75) is 43.3 Å². The molecule has 0 radical (unpaired) electrons. The number of hydrogen-bond acceptors (Lipinski definition) is 7. The second-order valence-electron chi connectivity index (χ2n) is 9.08. The van der Waals surface area contributed by atoms with E-state index in [0.717, 1.165) is 6.26 Å². The molecule has 0 atom stereocenters. The van der Waals surface area contributed by atoms with Crippen molar-refractivity contribution in [3.8, 4) is 11.4 Å². The Bertz CT molecular complexity index is 1440. The van der Waals surface area contributed by atoms with E-state index in [2.05, 4.69) is 15.6 Å². The number of carbonyl (C=O) groups excluding carboxylic acids is 2. The highest BCUT2D eigenvalue weighted by Crippen LogP contribution is 2.25. The highest BCUT2D eigenvalue weighted by Gasteiger charge is 2.28. The predicted octanol–water partition coefficient (Wildman–Crippen LogP) is 3.80. The smallest absolute Gasteiger partial charge is 0.405 e. The van der Waals surface area contributed by atoms with Crippen LogP contribution in [-0.4, -0.2) is 67.5 Å². The third-order valence-electron chi connectivity index (χ3n) is 5.73. The Morgan fingerprint density at radius 1 is 0.976 bits per heavy atom. The van der Waals surface area contributed by atoms with Crippen molar-refractivity contribution < 1.29 is 40.3 Å². The lowest BCUT2D eigenvalue weighted by molar-refractivity contribution is -0.123. The molecule has 3 aromatic rings. The van der Waals surface area contributed by atoms with Crippen LogP contribution < -0.4 is 15.4 Å². The van der Waals surface area contributed by atoms with Gasteiger partial charge in [-0.1, -0.05) is 23.8 Å². The average Bonchev–Trinajstić information content (AvgIpc) is 3.42. The van der Waals surface area contributed by atoms with Crippen LogP contribution in [0.15, 0.2) is 53.6 Å². The SMILES string of the molecule is CS(=O)(=O)c1ccc(CNC(=O)c2cn(-c3ccc(C(=O)NCC(F)(F)F)cc3OCCCCCCF)nn2)cc1. The van der Waals surface area contributed by atoms with Crippen molar-refractivity contribution in [2.24, 2.45) is 0 Å². The van der Waals surface area contributed by atoms with Crippen LogP contribution in [0.25, 0.3) is 5.69 Å². The number of sulfone groups is 1. The monoisotopic (exact) mass is 599 g/mol. The summed E-state index contributed by atoms with van der Waals surface area (Å²) < 4.78 is 80.1. The molecule has 15 heteroatoms. The van der Waals surface area contributed by atoms with Gasteiger partial charge in [0.25, 0.3) is 11.8 Å². The van der Waals surface area contributed by atoms with Crippen LogP contribution in [0.3, 0.4) is 0 Å². The standard InChI is InChI=1S/C26H29F4N5O5S/c1-41(38,39)20-9-6-18(7-10-20)15-31-25(37)21-16-35(34-33-21)22-11-8-19(24(36)32-17-26(28,29)30)14-23(22)40-13-5-3-2-4-12-27/h6-11,14,16H,2-5,12-13,15,17H2,1H3,(H,31,37)(H,32,36). The molecule has 1 heterocycles. The molecule has 0 unspecified atom stereocenters. The first-order valence-electron chi connectivity index (χ1n) is 12.5. The molecule has 222 valence electrons. The van der Waals surface area contributed by atoms with Crippen LogP contribution in [0, 0.1) is 0 Å². The zero-order valence-corrected chi connectivity index (χ0v) is 22.9. The zero-order valence-electron chi connectivity index (χ0n) is 22.1. The summed E-state index contributed by atoms with van der Waals surface area (Å²) in [4.78, 5) is 25.1. The number of ether oxygens (including phenoxy) is 1. The number of halogens is 4. The van der Waals surface area contributed by atoms with Gasteiger partial charge < -0.3 is 15.4 Å². The van der Waals surface area contributed by atoms with Crippen LogP contribution in [0.4, 0.5) is 17.6 Å². The van der Waals surface area contributed by atoms with Gasteiger partial charge in [0.05, 0.1) is 24.4 Å². The Balaban J connectivity index is 1.73. The lowest BCUT2D eigenvalue weighted by atomic mass is 10.1. The number of unbranched alkanes of at least 4 members (excludes halogenated alkanes) is 3. The minimum Gasteiger partial charge on any atom is -0.491 e. The van der Waals surface area contributed by atoms with Gasteiger partial charge in [-0.15, -0.1) is 5.10 Å². The van der Waals surface area contributed by atoms with E-state index in [4.69, 9.17) is 4.74 Å². The fourth-order valence-corrected chi connectivity index (χ4v) is 4.22. The summed E-state index contributed by atoms with van der Waals surface area (Å²) in [6, 6.07) is 9.97. The summed E-state index contributed by atoms with van der Waals surface area (Å²) in [6.07, 6.45) is 0.178. The van der Waals surface area contributed by atoms with Crippen LogP contribution in [-0.2, 0) is 16.4 Å². The molecular formula is C26H29F4N5O5S. The summed E-state index contributed by atoms with van der Waals surface area (Å²) in [7, 11) is -3.35. The Morgan fingerprint density at radius 3 is 2.34 bits per heavy atom. The number of benzene rings is 2. The van der Waals surface area contributed by atoms with Gasteiger partial charge in [0.15, 0.2) is 15.5 Å². The van der Waals surface area contributed by atoms with E-state index in [0.29, 0.717) is 31.2 Å². The molecule has 0 saturated heterocycles. The molecule has 3 rings (SSSR count). The molecule has 0 fully saturated rings. The van der Waals surface area contributed by atoms with Crippen molar-refractivity contribution in [1.29, 1.82) is 0 Å². The van der Waals surface area contributed by atoms with Gasteiger partial charge in [0.2, 0.25) is 0 Å². The second kappa shape index (κ2) is 14.1. The zero-order chi connectivity index (χ0) is 30.0. The van der Waals surface area contributed by atoms with Gasteiger partial charge in [-0.2, -0.15) is 13.2 Å². The van der Waals surface area contributed by atoms with E-state index < -0.39 is 41.0 Å². The molecule has 2 aromatic carbocycles. The first-order chi connectivity index (χ1) is 19.4. The maximum Gasteiger partial charge on any atom is 0.405 e. The third kappa shape index (κ3) is 9.84. The van der Waals surface area contributed by atoms with Gasteiger partial charge >= 0.3 is 6.18 Å². The number of alkyl halides is 4. The normalized spacial score (nSPS) is 11.7. The van der Waals surface area contributed by atoms with Gasteiger partial charge in [-0.05, 0) is 55.2 Å². The van der Waals surface area contributed by atoms with E-state index in [-0.39, 0.29) is 40.7 Å². The maximum absolute atomic E-state index is 12.6. The lowest BCUT2D eigenvalue weighted by Crippen LogP contribution is -2.33. The number of rotatable bonds is 14. The number of amides is 2. The summed E-state index contributed by atoms with van der Waals surface area (Å²) in [6.45, 7) is -1.64. The molecule has 0 saturated carbocycles. The fraction of sp³-hybridized carbons (Fsp3) is 0.385. The largest absolute Gasteiger partial charge is 0.491 e. The predicted molar refractivity (Wildman–Crippen MR) is 140 cm³/mol. The molecule has 0 bridgehead atoms.